The molecular weight excluding hydrogens is 304 g/mol. The maximum absolute atomic E-state index is 12.0. The third-order valence-electron chi connectivity index (χ3n) is 4.06. The van der Waals surface area contributed by atoms with E-state index in [0.29, 0.717) is 18.9 Å². The molecule has 0 radical (unpaired) electrons. The van der Waals surface area contributed by atoms with Crippen LogP contribution in [0.25, 0.3) is 0 Å². The van der Waals surface area contributed by atoms with E-state index in [4.69, 9.17) is 0 Å². The fourth-order valence-corrected chi connectivity index (χ4v) is 3.81. The first-order valence-electron chi connectivity index (χ1n) is 7.91. The molecule has 0 bridgehead atoms. The molecule has 1 aliphatic carbocycles. The predicted molar refractivity (Wildman–Crippen MR) is 87.7 cm³/mol. The van der Waals surface area contributed by atoms with Gasteiger partial charge in [0.2, 0.25) is 0 Å². The summed E-state index contributed by atoms with van der Waals surface area (Å²) >= 11 is 0. The maximum atomic E-state index is 12.0. The zero-order valence-electron chi connectivity index (χ0n) is 14.3. The molecule has 0 aliphatic heterocycles. The number of hydrogen-bond donors (Lipinski definition) is 2. The van der Waals surface area contributed by atoms with E-state index in [2.05, 4.69) is 26.1 Å². The van der Waals surface area contributed by atoms with Gasteiger partial charge in [-0.25, -0.2) is 13.2 Å². The average Bonchev–Trinajstić information content (AvgIpc) is 2.34. The minimum Gasteiger partial charge on any atom is -0.465 e. The Morgan fingerprint density at radius 1 is 1.23 bits per heavy atom. The quantitative estimate of drug-likeness (QED) is 0.806. The molecule has 1 amide bonds. The van der Waals surface area contributed by atoms with Gasteiger partial charge in [0.1, 0.15) is 5.88 Å². The van der Waals surface area contributed by atoms with Gasteiger partial charge in [0, 0.05) is 17.6 Å². The van der Waals surface area contributed by atoms with Gasteiger partial charge in [0.05, 0.1) is 5.25 Å². The van der Waals surface area contributed by atoms with Crippen LogP contribution in [-0.4, -0.2) is 53.3 Å². The van der Waals surface area contributed by atoms with Crippen LogP contribution in [0.2, 0.25) is 0 Å². The summed E-state index contributed by atoms with van der Waals surface area (Å²) in [5.41, 5.74) is 0.0327. The second-order valence-electron chi connectivity index (χ2n) is 7.49. The van der Waals surface area contributed by atoms with Gasteiger partial charge in [-0.15, -0.1) is 0 Å². The van der Waals surface area contributed by atoms with Gasteiger partial charge >= 0.3 is 6.09 Å². The molecule has 22 heavy (non-hydrogen) atoms. The highest BCUT2D eigenvalue weighted by Crippen LogP contribution is 2.25. The monoisotopic (exact) mass is 334 g/mol. The largest absolute Gasteiger partial charge is 0.465 e. The summed E-state index contributed by atoms with van der Waals surface area (Å²) in [5, 5.41) is 12.3. The topological polar surface area (TPSA) is 86.7 Å². The molecule has 2 N–H and O–H groups in total. The lowest BCUT2D eigenvalue weighted by Crippen LogP contribution is -2.50. The summed E-state index contributed by atoms with van der Waals surface area (Å²) < 4.78 is 24.0. The SMILES string of the molecule is CC(C)S(=O)(=O)CN(C(=O)O)C1CCC(NC(C)(C)C)CC1. The number of carboxylic acid groups (broad SMARTS) is 1. The number of hydrogen-bond acceptors (Lipinski definition) is 4. The van der Waals surface area contributed by atoms with Crippen molar-refractivity contribution in [2.24, 2.45) is 0 Å². The van der Waals surface area contributed by atoms with Gasteiger partial charge in [-0.3, -0.25) is 4.90 Å². The molecule has 1 saturated carbocycles. The highest BCUT2D eigenvalue weighted by molar-refractivity contribution is 7.91. The second-order valence-corrected chi connectivity index (χ2v) is 10.0. The van der Waals surface area contributed by atoms with E-state index in [0.717, 1.165) is 17.7 Å². The number of nitrogens with zero attached hydrogens (tertiary/aromatic N) is 1. The Hall–Kier alpha value is -0.820. The van der Waals surface area contributed by atoms with Crippen molar-refractivity contribution in [3.05, 3.63) is 0 Å². The predicted octanol–water partition coefficient (Wildman–Crippen LogP) is 2.45. The molecule has 0 aromatic carbocycles. The molecule has 0 aromatic rings. The van der Waals surface area contributed by atoms with Crippen LogP contribution in [0.3, 0.4) is 0 Å². The molecule has 1 aliphatic rings. The molecule has 1 fully saturated rings. The number of sulfone groups is 1. The summed E-state index contributed by atoms with van der Waals surface area (Å²) in [5.74, 6) is -0.401. The first kappa shape index (κ1) is 19.2. The highest BCUT2D eigenvalue weighted by Gasteiger charge is 2.33. The van der Waals surface area contributed by atoms with Crippen LogP contribution >= 0.6 is 0 Å². The van der Waals surface area contributed by atoms with Crippen LogP contribution in [0.1, 0.15) is 60.3 Å². The number of amides is 1. The molecule has 1 rings (SSSR count). The van der Waals surface area contributed by atoms with Crippen molar-refractivity contribution in [3.63, 3.8) is 0 Å². The van der Waals surface area contributed by atoms with Crippen molar-refractivity contribution in [1.82, 2.24) is 10.2 Å². The number of rotatable bonds is 5. The van der Waals surface area contributed by atoms with E-state index in [9.17, 15) is 18.3 Å². The van der Waals surface area contributed by atoms with E-state index >= 15 is 0 Å². The van der Waals surface area contributed by atoms with Crippen LogP contribution in [0.4, 0.5) is 4.79 Å². The third kappa shape index (κ3) is 5.76. The molecule has 6 nitrogen and oxygen atoms in total. The summed E-state index contributed by atoms with van der Waals surface area (Å²) in [7, 11) is -3.40. The lowest BCUT2D eigenvalue weighted by Gasteiger charge is -2.38. The first-order valence-corrected chi connectivity index (χ1v) is 9.63. The molecule has 0 heterocycles. The van der Waals surface area contributed by atoms with Crippen molar-refractivity contribution >= 4 is 15.9 Å². The van der Waals surface area contributed by atoms with Gasteiger partial charge in [0.15, 0.2) is 9.84 Å². The maximum Gasteiger partial charge on any atom is 0.408 e. The van der Waals surface area contributed by atoms with Crippen molar-refractivity contribution in [3.8, 4) is 0 Å². The minimum absolute atomic E-state index is 0.0327. The van der Waals surface area contributed by atoms with Crippen LogP contribution in [0.15, 0.2) is 0 Å². The van der Waals surface area contributed by atoms with Crippen molar-refractivity contribution < 1.29 is 18.3 Å². The molecule has 130 valence electrons. The van der Waals surface area contributed by atoms with Gasteiger partial charge in [0.25, 0.3) is 0 Å². The fourth-order valence-electron chi connectivity index (χ4n) is 2.80. The van der Waals surface area contributed by atoms with Crippen molar-refractivity contribution in [2.45, 2.75) is 83.2 Å². The Morgan fingerprint density at radius 2 is 1.73 bits per heavy atom. The summed E-state index contributed by atoms with van der Waals surface area (Å²) in [6.07, 6.45) is 2.00. The Kier molecular flexibility index (Phi) is 6.27. The molecule has 0 unspecified atom stereocenters. The van der Waals surface area contributed by atoms with Gasteiger partial charge in [-0.05, 0) is 60.3 Å². The zero-order valence-corrected chi connectivity index (χ0v) is 15.1. The number of nitrogens with one attached hydrogen (secondary N) is 1. The average molecular weight is 334 g/mol. The Morgan fingerprint density at radius 3 is 2.09 bits per heavy atom. The lowest BCUT2D eigenvalue weighted by atomic mass is 9.89. The van der Waals surface area contributed by atoms with E-state index in [1.165, 1.54) is 0 Å². The molecule has 0 spiro atoms. The van der Waals surface area contributed by atoms with Crippen LogP contribution < -0.4 is 5.32 Å². The molecule has 0 saturated heterocycles. The molecular formula is C15H30N2O4S. The fraction of sp³-hybridized carbons (Fsp3) is 0.933. The first-order chi connectivity index (χ1) is 9.92. The van der Waals surface area contributed by atoms with E-state index in [-0.39, 0.29) is 11.6 Å². The van der Waals surface area contributed by atoms with Crippen molar-refractivity contribution in [2.75, 3.05) is 5.88 Å². The normalized spacial score (nSPS) is 23.5. The minimum atomic E-state index is -3.40. The van der Waals surface area contributed by atoms with E-state index in [1.807, 2.05) is 0 Å². The Bertz CT molecular complexity index is 474. The highest BCUT2D eigenvalue weighted by atomic mass is 32.2. The van der Waals surface area contributed by atoms with E-state index < -0.39 is 27.1 Å². The Labute approximate surface area is 134 Å². The van der Waals surface area contributed by atoms with Crippen molar-refractivity contribution in [1.29, 1.82) is 0 Å². The van der Waals surface area contributed by atoms with Crippen LogP contribution in [-0.2, 0) is 9.84 Å². The molecule has 0 aromatic heterocycles. The van der Waals surface area contributed by atoms with Gasteiger partial charge < -0.3 is 10.4 Å². The van der Waals surface area contributed by atoms with Crippen LogP contribution in [0.5, 0.6) is 0 Å². The molecule has 7 heteroatoms. The second kappa shape index (κ2) is 7.17. The molecule has 0 atom stereocenters. The smallest absolute Gasteiger partial charge is 0.408 e. The summed E-state index contributed by atoms with van der Waals surface area (Å²) in [4.78, 5) is 12.6. The summed E-state index contributed by atoms with van der Waals surface area (Å²) in [6, 6.07) is 0.164. The lowest BCUT2D eigenvalue weighted by molar-refractivity contribution is 0.114. The van der Waals surface area contributed by atoms with Gasteiger partial charge in [-0.2, -0.15) is 0 Å². The third-order valence-corrected chi connectivity index (χ3v) is 6.13. The zero-order chi connectivity index (χ0) is 17.1. The Balaban J connectivity index is 2.67. The number of carbonyl (C=O) groups is 1. The van der Waals surface area contributed by atoms with Crippen LogP contribution in [0, 0.1) is 0 Å². The summed E-state index contributed by atoms with van der Waals surface area (Å²) in [6.45, 7) is 9.49. The standard InChI is InChI=1S/C15H30N2O4S/c1-11(2)22(20,21)10-17(14(18)19)13-8-6-12(7-9-13)16-15(3,4)5/h11-13,16H,6-10H2,1-5H3,(H,18,19). The van der Waals surface area contributed by atoms with E-state index in [1.54, 1.807) is 13.8 Å². The van der Waals surface area contributed by atoms with Gasteiger partial charge in [-0.1, -0.05) is 0 Å².